The summed E-state index contributed by atoms with van der Waals surface area (Å²) in [6.07, 6.45) is 0.133. The van der Waals surface area contributed by atoms with E-state index in [2.05, 4.69) is 11.9 Å². The molecule has 1 aliphatic carbocycles. The van der Waals surface area contributed by atoms with Gasteiger partial charge in [-0.2, -0.15) is 13.2 Å². The molecule has 3 atom stereocenters. The fraction of sp³-hybridized carbons (Fsp3) is 0.867. The van der Waals surface area contributed by atoms with Crippen LogP contribution >= 0.6 is 0 Å². The summed E-state index contributed by atoms with van der Waals surface area (Å²) in [7, 11) is 0. The molecule has 0 aromatic carbocycles. The molecule has 0 saturated heterocycles. The molecule has 1 fully saturated rings. The van der Waals surface area contributed by atoms with Crippen LogP contribution in [0.2, 0.25) is 0 Å². The van der Waals surface area contributed by atoms with E-state index in [9.17, 15) is 13.2 Å². The predicted octanol–water partition coefficient (Wildman–Crippen LogP) is 4.69. The number of hydrogen-bond donors (Lipinski definition) is 1. The van der Waals surface area contributed by atoms with E-state index in [1.165, 1.54) is 0 Å². The molecule has 19 heavy (non-hydrogen) atoms. The standard InChI is InChI=1S/C15H26F3N/c1-4-19-14(10-9-11(2)3)12-7-5-6-8-13(12)15(16,17)18/h12-14,19H,2,4-10H2,1,3H3. The van der Waals surface area contributed by atoms with Gasteiger partial charge in [-0.15, -0.1) is 6.58 Å². The second-order valence-corrected chi connectivity index (χ2v) is 5.76. The lowest BCUT2D eigenvalue weighted by Crippen LogP contribution is -2.45. The van der Waals surface area contributed by atoms with Crippen molar-refractivity contribution in [3.63, 3.8) is 0 Å². The Hall–Kier alpha value is -0.510. The summed E-state index contributed by atoms with van der Waals surface area (Å²) in [4.78, 5) is 0. The van der Waals surface area contributed by atoms with E-state index in [0.717, 1.165) is 31.4 Å². The topological polar surface area (TPSA) is 12.0 Å². The zero-order valence-electron chi connectivity index (χ0n) is 12.0. The van der Waals surface area contributed by atoms with Gasteiger partial charge in [0.05, 0.1) is 5.92 Å². The number of nitrogens with one attached hydrogen (secondary N) is 1. The Morgan fingerprint density at radius 1 is 1.32 bits per heavy atom. The predicted molar refractivity (Wildman–Crippen MR) is 73.0 cm³/mol. The van der Waals surface area contributed by atoms with Gasteiger partial charge in [-0.05, 0) is 45.1 Å². The number of alkyl halides is 3. The molecule has 0 aliphatic heterocycles. The molecule has 4 heteroatoms. The Morgan fingerprint density at radius 3 is 2.47 bits per heavy atom. The van der Waals surface area contributed by atoms with E-state index >= 15 is 0 Å². The third-order valence-electron chi connectivity index (χ3n) is 4.11. The molecule has 1 nitrogen and oxygen atoms in total. The number of halogens is 3. The summed E-state index contributed by atoms with van der Waals surface area (Å²) in [6.45, 7) is 8.47. The van der Waals surface area contributed by atoms with Gasteiger partial charge in [0.15, 0.2) is 0 Å². The Morgan fingerprint density at radius 2 is 1.95 bits per heavy atom. The van der Waals surface area contributed by atoms with E-state index in [0.29, 0.717) is 19.3 Å². The van der Waals surface area contributed by atoms with E-state index in [-0.39, 0.29) is 12.0 Å². The van der Waals surface area contributed by atoms with E-state index in [4.69, 9.17) is 0 Å². The quantitative estimate of drug-likeness (QED) is 0.694. The van der Waals surface area contributed by atoms with Crippen molar-refractivity contribution in [3.05, 3.63) is 12.2 Å². The second kappa shape index (κ2) is 7.32. The third kappa shape index (κ3) is 5.17. The minimum Gasteiger partial charge on any atom is -0.314 e. The van der Waals surface area contributed by atoms with Crippen LogP contribution in [0.15, 0.2) is 12.2 Å². The Balaban J connectivity index is 2.75. The van der Waals surface area contributed by atoms with Crippen molar-refractivity contribution >= 4 is 0 Å². The first-order valence-corrected chi connectivity index (χ1v) is 7.30. The van der Waals surface area contributed by atoms with Gasteiger partial charge in [0, 0.05) is 6.04 Å². The smallest absolute Gasteiger partial charge is 0.314 e. The summed E-state index contributed by atoms with van der Waals surface area (Å²) < 4.78 is 39.4. The molecule has 0 aromatic heterocycles. The molecule has 0 spiro atoms. The maximum Gasteiger partial charge on any atom is 0.392 e. The minimum absolute atomic E-state index is 0.0337. The van der Waals surface area contributed by atoms with Crippen molar-refractivity contribution in [3.8, 4) is 0 Å². The second-order valence-electron chi connectivity index (χ2n) is 5.76. The van der Waals surface area contributed by atoms with Crippen LogP contribution in [0.1, 0.15) is 52.4 Å². The average molecular weight is 277 g/mol. The van der Waals surface area contributed by atoms with Crippen LogP contribution in [0.3, 0.4) is 0 Å². The maximum absolute atomic E-state index is 13.1. The fourth-order valence-corrected chi connectivity index (χ4v) is 3.18. The largest absolute Gasteiger partial charge is 0.392 e. The Bertz CT molecular complexity index is 286. The van der Waals surface area contributed by atoms with E-state index in [1.54, 1.807) is 0 Å². The van der Waals surface area contributed by atoms with Gasteiger partial charge in [-0.25, -0.2) is 0 Å². The first kappa shape index (κ1) is 16.5. The molecular formula is C15H26F3N. The van der Waals surface area contributed by atoms with Gasteiger partial charge >= 0.3 is 6.18 Å². The molecule has 1 aliphatic rings. The van der Waals surface area contributed by atoms with Crippen LogP contribution < -0.4 is 5.32 Å². The number of rotatable bonds is 6. The van der Waals surface area contributed by atoms with E-state index in [1.807, 2.05) is 13.8 Å². The zero-order valence-corrected chi connectivity index (χ0v) is 12.0. The molecule has 0 bridgehead atoms. The van der Waals surface area contributed by atoms with Crippen LogP contribution in [0.5, 0.6) is 0 Å². The monoisotopic (exact) mass is 277 g/mol. The van der Waals surface area contributed by atoms with Crippen molar-refractivity contribution in [1.29, 1.82) is 0 Å². The van der Waals surface area contributed by atoms with Gasteiger partial charge in [0.1, 0.15) is 0 Å². The zero-order chi connectivity index (χ0) is 14.5. The third-order valence-corrected chi connectivity index (χ3v) is 4.11. The maximum atomic E-state index is 13.1. The molecule has 1 saturated carbocycles. The molecule has 0 amide bonds. The molecule has 1 rings (SSSR count). The van der Waals surface area contributed by atoms with Gasteiger partial charge < -0.3 is 5.32 Å². The Kier molecular flexibility index (Phi) is 6.37. The van der Waals surface area contributed by atoms with Crippen LogP contribution in [-0.2, 0) is 0 Å². The van der Waals surface area contributed by atoms with Gasteiger partial charge in [0.2, 0.25) is 0 Å². The van der Waals surface area contributed by atoms with Gasteiger partial charge in [-0.1, -0.05) is 25.3 Å². The lowest BCUT2D eigenvalue weighted by Gasteiger charge is -2.38. The molecule has 0 radical (unpaired) electrons. The lowest BCUT2D eigenvalue weighted by atomic mass is 9.73. The number of hydrogen-bond acceptors (Lipinski definition) is 1. The lowest BCUT2D eigenvalue weighted by molar-refractivity contribution is -0.199. The highest BCUT2D eigenvalue weighted by atomic mass is 19.4. The summed E-state index contributed by atoms with van der Waals surface area (Å²) in [5.41, 5.74) is 1.04. The molecule has 0 heterocycles. The molecule has 0 aromatic rings. The normalized spacial score (nSPS) is 26.2. The molecular weight excluding hydrogens is 251 g/mol. The highest BCUT2D eigenvalue weighted by Gasteiger charge is 2.47. The minimum atomic E-state index is -4.05. The van der Waals surface area contributed by atoms with Crippen LogP contribution in [0.4, 0.5) is 13.2 Å². The average Bonchev–Trinajstić information content (AvgIpc) is 2.33. The van der Waals surface area contributed by atoms with Crippen LogP contribution in [-0.4, -0.2) is 18.8 Å². The van der Waals surface area contributed by atoms with Crippen molar-refractivity contribution < 1.29 is 13.2 Å². The van der Waals surface area contributed by atoms with Crippen molar-refractivity contribution in [2.45, 2.75) is 64.6 Å². The summed E-state index contributed by atoms with van der Waals surface area (Å²) in [5.74, 6) is -1.40. The Labute approximate surface area is 114 Å². The van der Waals surface area contributed by atoms with Crippen molar-refractivity contribution in [1.82, 2.24) is 5.32 Å². The highest BCUT2D eigenvalue weighted by molar-refractivity contribution is 4.93. The first-order chi connectivity index (χ1) is 8.86. The fourth-order valence-electron chi connectivity index (χ4n) is 3.18. The number of allylic oxidation sites excluding steroid dienone is 1. The molecule has 1 N–H and O–H groups in total. The highest BCUT2D eigenvalue weighted by Crippen LogP contribution is 2.43. The van der Waals surface area contributed by atoms with Gasteiger partial charge in [-0.3, -0.25) is 0 Å². The summed E-state index contributed by atoms with van der Waals surface area (Å²) in [6, 6.07) is -0.0337. The van der Waals surface area contributed by atoms with Crippen molar-refractivity contribution in [2.24, 2.45) is 11.8 Å². The van der Waals surface area contributed by atoms with Crippen molar-refractivity contribution in [2.75, 3.05) is 6.54 Å². The van der Waals surface area contributed by atoms with E-state index < -0.39 is 12.1 Å². The van der Waals surface area contributed by atoms with Crippen LogP contribution in [0.25, 0.3) is 0 Å². The molecule has 3 unspecified atom stereocenters. The van der Waals surface area contributed by atoms with Crippen LogP contribution in [0, 0.1) is 11.8 Å². The first-order valence-electron chi connectivity index (χ1n) is 7.30. The van der Waals surface area contributed by atoms with Gasteiger partial charge in [0.25, 0.3) is 0 Å². The SMILES string of the molecule is C=C(C)CCC(NCC)C1CCCCC1C(F)(F)F. The summed E-state index contributed by atoms with van der Waals surface area (Å²) in [5, 5.41) is 3.27. The summed E-state index contributed by atoms with van der Waals surface area (Å²) >= 11 is 0. The molecule has 112 valence electrons.